The van der Waals surface area contributed by atoms with Crippen LogP contribution < -0.4 is 14.8 Å². The highest BCUT2D eigenvalue weighted by molar-refractivity contribution is 8.18. The predicted molar refractivity (Wildman–Crippen MR) is 176 cm³/mol. The molecule has 9 nitrogen and oxygen atoms in total. The second-order valence-electron chi connectivity index (χ2n) is 9.77. The Morgan fingerprint density at radius 3 is 2.51 bits per heavy atom. The van der Waals surface area contributed by atoms with Crippen LogP contribution in [0.25, 0.3) is 6.08 Å². The van der Waals surface area contributed by atoms with Gasteiger partial charge in [-0.2, -0.15) is 0 Å². The number of allylic oxidation sites excluding steroid dienone is 1. The Kier molecular flexibility index (Phi) is 11.7. The number of thioether (sulfide) groups is 1. The number of rotatable bonds is 13. The van der Waals surface area contributed by atoms with Crippen LogP contribution in [0.2, 0.25) is 10.0 Å². The molecule has 4 rings (SSSR count). The summed E-state index contributed by atoms with van der Waals surface area (Å²) >= 11 is 12.8. The minimum absolute atomic E-state index is 0.0877. The average Bonchev–Trinajstić information content (AvgIpc) is 3.27. The van der Waals surface area contributed by atoms with E-state index in [1.165, 1.54) is 25.3 Å². The number of hydrogen-bond donors (Lipinski definition) is 1. The van der Waals surface area contributed by atoms with E-state index in [9.17, 15) is 19.2 Å². The van der Waals surface area contributed by atoms with Gasteiger partial charge in [0, 0.05) is 16.3 Å². The minimum Gasteiger partial charge on any atom is -0.493 e. The first kappa shape index (κ1) is 33.6. The molecule has 3 aromatic carbocycles. The summed E-state index contributed by atoms with van der Waals surface area (Å²) < 4.78 is 16.8. The number of imide groups is 1. The molecule has 0 aromatic heterocycles. The standard InChI is InChI=1S/C33H30Cl2N2O7S/c1-4-6-22-14-21(15-27(42-3)30(22)44-19-20-7-9-23(34)10-8-20)16-28-31(39)37(33(41)45-28)18-29(38)36-24-11-12-26(35)25(17-24)32(40)43-13-5-2/h4,7-12,14-17H,1,5-6,13,18-19H2,2-3H3,(H,36,38)/b28-16-. The summed E-state index contributed by atoms with van der Waals surface area (Å²) in [6.45, 7) is 5.66. The Bertz CT molecular complexity index is 1660. The van der Waals surface area contributed by atoms with E-state index in [1.807, 2.05) is 25.1 Å². The van der Waals surface area contributed by atoms with Crippen LogP contribution in [0.3, 0.4) is 0 Å². The number of halogens is 2. The second kappa shape index (κ2) is 15.7. The predicted octanol–water partition coefficient (Wildman–Crippen LogP) is 7.55. The highest BCUT2D eigenvalue weighted by Gasteiger charge is 2.36. The summed E-state index contributed by atoms with van der Waals surface area (Å²) in [5.74, 6) is -0.909. The molecule has 0 spiro atoms. The Morgan fingerprint density at radius 2 is 1.82 bits per heavy atom. The quantitative estimate of drug-likeness (QED) is 0.113. The Balaban J connectivity index is 1.48. The fourth-order valence-corrected chi connectivity index (χ4v) is 5.45. The monoisotopic (exact) mass is 668 g/mol. The highest BCUT2D eigenvalue weighted by Crippen LogP contribution is 2.37. The number of carbonyl (C=O) groups excluding carboxylic acids is 4. The van der Waals surface area contributed by atoms with Crippen molar-refractivity contribution in [3.63, 3.8) is 0 Å². The number of methoxy groups -OCH3 is 1. The zero-order valence-corrected chi connectivity index (χ0v) is 26.9. The maximum absolute atomic E-state index is 13.2. The molecule has 1 heterocycles. The molecule has 3 aromatic rings. The van der Waals surface area contributed by atoms with Crippen molar-refractivity contribution in [2.75, 3.05) is 25.6 Å². The fraction of sp³-hybridized carbons (Fsp3) is 0.212. The number of benzene rings is 3. The second-order valence-corrected chi connectivity index (χ2v) is 11.6. The molecular weight excluding hydrogens is 639 g/mol. The van der Waals surface area contributed by atoms with Crippen molar-refractivity contribution in [1.29, 1.82) is 0 Å². The molecular formula is C33H30Cl2N2O7S. The first-order valence-electron chi connectivity index (χ1n) is 13.8. The van der Waals surface area contributed by atoms with E-state index >= 15 is 0 Å². The van der Waals surface area contributed by atoms with Gasteiger partial charge in [-0.05, 0) is 84.3 Å². The molecule has 3 amide bonds. The van der Waals surface area contributed by atoms with E-state index in [4.69, 9.17) is 37.4 Å². The van der Waals surface area contributed by atoms with Gasteiger partial charge in [-0.25, -0.2) is 4.79 Å². The van der Waals surface area contributed by atoms with Crippen LogP contribution in [0.1, 0.15) is 40.4 Å². The van der Waals surface area contributed by atoms with E-state index in [-0.39, 0.29) is 34.4 Å². The van der Waals surface area contributed by atoms with Crippen molar-refractivity contribution in [3.8, 4) is 11.5 Å². The van der Waals surface area contributed by atoms with Gasteiger partial charge in [0.05, 0.1) is 29.2 Å². The number of carbonyl (C=O) groups is 4. The largest absolute Gasteiger partial charge is 0.493 e. The van der Waals surface area contributed by atoms with Gasteiger partial charge in [-0.15, -0.1) is 6.58 Å². The van der Waals surface area contributed by atoms with E-state index < -0.39 is 29.6 Å². The number of nitrogens with one attached hydrogen (secondary N) is 1. The zero-order valence-electron chi connectivity index (χ0n) is 24.6. The molecule has 1 fully saturated rings. The summed E-state index contributed by atoms with van der Waals surface area (Å²) in [6.07, 6.45) is 4.38. The Labute approximate surface area is 275 Å². The van der Waals surface area contributed by atoms with Crippen molar-refractivity contribution in [3.05, 3.63) is 104 Å². The van der Waals surface area contributed by atoms with Crippen molar-refractivity contribution >= 4 is 69.8 Å². The van der Waals surface area contributed by atoms with Gasteiger partial charge in [-0.3, -0.25) is 19.3 Å². The third kappa shape index (κ3) is 8.69. The first-order valence-corrected chi connectivity index (χ1v) is 15.4. The molecule has 1 aliphatic heterocycles. The van der Waals surface area contributed by atoms with Crippen LogP contribution in [0.5, 0.6) is 11.5 Å². The zero-order chi connectivity index (χ0) is 32.5. The number of ether oxygens (including phenoxy) is 3. The Hall–Kier alpha value is -4.25. The van der Waals surface area contributed by atoms with Gasteiger partial charge in [0.25, 0.3) is 11.1 Å². The van der Waals surface area contributed by atoms with Gasteiger partial charge in [0.15, 0.2) is 11.5 Å². The van der Waals surface area contributed by atoms with Crippen LogP contribution in [0, 0.1) is 0 Å². The van der Waals surface area contributed by atoms with Gasteiger partial charge in [-0.1, -0.05) is 48.3 Å². The summed E-state index contributed by atoms with van der Waals surface area (Å²) in [6, 6.07) is 15.1. The number of esters is 1. The van der Waals surface area contributed by atoms with E-state index in [0.717, 1.165) is 27.8 Å². The molecule has 1 N–H and O–H groups in total. The lowest BCUT2D eigenvalue weighted by atomic mass is 10.0. The lowest BCUT2D eigenvalue weighted by Crippen LogP contribution is -2.36. The summed E-state index contributed by atoms with van der Waals surface area (Å²) in [5, 5.41) is 2.79. The molecule has 12 heteroatoms. The van der Waals surface area contributed by atoms with Crippen molar-refractivity contribution in [1.82, 2.24) is 4.90 Å². The van der Waals surface area contributed by atoms with Gasteiger partial charge in [0.1, 0.15) is 13.2 Å². The molecule has 45 heavy (non-hydrogen) atoms. The smallest absolute Gasteiger partial charge is 0.339 e. The number of amides is 3. The van der Waals surface area contributed by atoms with Crippen LogP contribution in [-0.4, -0.2) is 48.2 Å². The molecule has 0 unspecified atom stereocenters. The third-order valence-corrected chi connectivity index (χ3v) is 7.90. The fourth-order valence-electron chi connectivity index (χ4n) is 4.29. The normalized spacial score (nSPS) is 13.6. The van der Waals surface area contributed by atoms with Crippen LogP contribution >= 0.6 is 35.0 Å². The first-order chi connectivity index (χ1) is 21.6. The summed E-state index contributed by atoms with van der Waals surface area (Å²) in [4.78, 5) is 52.0. The molecule has 0 aliphatic carbocycles. The van der Waals surface area contributed by atoms with Crippen LogP contribution in [0.15, 0.2) is 72.2 Å². The number of hydrogen-bond acceptors (Lipinski definition) is 8. The molecule has 0 atom stereocenters. The van der Waals surface area contributed by atoms with Crippen molar-refractivity contribution < 1.29 is 33.4 Å². The van der Waals surface area contributed by atoms with E-state index in [0.29, 0.717) is 34.9 Å². The number of nitrogens with zero attached hydrogens (tertiary/aromatic N) is 1. The lowest BCUT2D eigenvalue weighted by Gasteiger charge is -2.16. The number of anilines is 1. The SMILES string of the molecule is C=CCc1cc(/C=C2\SC(=O)N(CC(=O)Nc3ccc(Cl)c(C(=O)OCCC)c3)C2=O)cc(OC)c1OCc1ccc(Cl)cc1. The van der Waals surface area contributed by atoms with Crippen LogP contribution in [-0.2, 0) is 27.4 Å². The molecule has 0 bridgehead atoms. The Morgan fingerprint density at radius 1 is 1.07 bits per heavy atom. The molecule has 0 saturated carbocycles. The highest BCUT2D eigenvalue weighted by atomic mass is 35.5. The van der Waals surface area contributed by atoms with Crippen LogP contribution in [0.4, 0.5) is 10.5 Å². The van der Waals surface area contributed by atoms with Gasteiger partial charge >= 0.3 is 5.97 Å². The average molecular weight is 670 g/mol. The topological polar surface area (TPSA) is 111 Å². The van der Waals surface area contributed by atoms with E-state index in [2.05, 4.69) is 11.9 Å². The molecule has 1 saturated heterocycles. The molecule has 0 radical (unpaired) electrons. The molecule has 1 aliphatic rings. The summed E-state index contributed by atoms with van der Waals surface area (Å²) in [5.41, 5.74) is 2.63. The summed E-state index contributed by atoms with van der Waals surface area (Å²) in [7, 11) is 1.51. The van der Waals surface area contributed by atoms with E-state index in [1.54, 1.807) is 30.4 Å². The maximum Gasteiger partial charge on any atom is 0.339 e. The van der Waals surface area contributed by atoms with Gasteiger partial charge < -0.3 is 19.5 Å². The van der Waals surface area contributed by atoms with Crippen molar-refractivity contribution in [2.45, 2.75) is 26.4 Å². The van der Waals surface area contributed by atoms with Gasteiger partial charge in [0.2, 0.25) is 5.91 Å². The maximum atomic E-state index is 13.2. The lowest BCUT2D eigenvalue weighted by molar-refractivity contribution is -0.127. The van der Waals surface area contributed by atoms with Crippen molar-refractivity contribution in [2.24, 2.45) is 0 Å². The third-order valence-electron chi connectivity index (χ3n) is 6.42. The molecule has 234 valence electrons. The minimum atomic E-state index is -0.633.